The summed E-state index contributed by atoms with van der Waals surface area (Å²) in [7, 11) is 0. The number of hydrogen-bond donors (Lipinski definition) is 1. The van der Waals surface area contributed by atoms with Crippen LogP contribution in [-0.4, -0.2) is 40.8 Å². The highest BCUT2D eigenvalue weighted by Gasteiger charge is 2.21. The van der Waals surface area contributed by atoms with E-state index in [1.807, 2.05) is 36.7 Å². The molecular weight excluding hydrogens is 318 g/mol. The number of carbonyl (C=O) groups excluding carboxylic acids is 1. The molecule has 0 radical (unpaired) electrons. The number of aromatic nitrogens is 2. The van der Waals surface area contributed by atoms with Crippen LogP contribution < -0.4 is 10.1 Å². The van der Waals surface area contributed by atoms with Crippen molar-refractivity contribution in [1.29, 1.82) is 0 Å². The Morgan fingerprint density at radius 2 is 2.20 bits per heavy atom. The Hall–Kier alpha value is -2.34. The monoisotopic (exact) mass is 341 g/mol. The SMILES string of the molecule is O=C(N[C@H]1CCc2nccn2C1)c1ccc(OC[C@H]2CCCO2)cc1. The van der Waals surface area contributed by atoms with E-state index in [4.69, 9.17) is 9.47 Å². The van der Waals surface area contributed by atoms with E-state index in [1.165, 1.54) is 0 Å². The fourth-order valence-corrected chi connectivity index (χ4v) is 3.42. The number of nitrogens with zero attached hydrogens (tertiary/aromatic N) is 2. The number of benzene rings is 1. The van der Waals surface area contributed by atoms with Crippen molar-refractivity contribution >= 4 is 5.91 Å². The van der Waals surface area contributed by atoms with Crippen LogP contribution in [0.2, 0.25) is 0 Å². The lowest BCUT2D eigenvalue weighted by Gasteiger charge is -2.24. The average Bonchev–Trinajstić information content (AvgIpc) is 3.31. The maximum absolute atomic E-state index is 12.4. The van der Waals surface area contributed by atoms with Crippen LogP contribution in [0.5, 0.6) is 5.75 Å². The number of amides is 1. The Labute approximate surface area is 147 Å². The largest absolute Gasteiger partial charge is 0.491 e. The third-order valence-corrected chi connectivity index (χ3v) is 4.85. The van der Waals surface area contributed by atoms with Gasteiger partial charge in [0.1, 0.15) is 18.2 Å². The predicted molar refractivity (Wildman–Crippen MR) is 92.7 cm³/mol. The molecule has 6 nitrogen and oxygen atoms in total. The molecular formula is C19H23N3O3. The van der Waals surface area contributed by atoms with Gasteiger partial charge in [-0.15, -0.1) is 0 Å². The first-order valence-corrected chi connectivity index (χ1v) is 8.93. The Morgan fingerprint density at radius 1 is 1.32 bits per heavy atom. The first kappa shape index (κ1) is 16.1. The zero-order valence-corrected chi connectivity index (χ0v) is 14.2. The van der Waals surface area contributed by atoms with Gasteiger partial charge in [-0.1, -0.05) is 0 Å². The fraction of sp³-hybridized carbons (Fsp3) is 0.474. The molecule has 132 valence electrons. The lowest BCUT2D eigenvalue weighted by molar-refractivity contribution is 0.0679. The van der Waals surface area contributed by atoms with Crippen molar-refractivity contribution in [1.82, 2.24) is 14.9 Å². The highest BCUT2D eigenvalue weighted by molar-refractivity contribution is 5.94. The van der Waals surface area contributed by atoms with Crippen molar-refractivity contribution in [3.8, 4) is 5.75 Å². The van der Waals surface area contributed by atoms with Gasteiger partial charge >= 0.3 is 0 Å². The number of nitrogens with one attached hydrogen (secondary N) is 1. The summed E-state index contributed by atoms with van der Waals surface area (Å²) < 4.78 is 13.4. The van der Waals surface area contributed by atoms with Crippen molar-refractivity contribution in [3.05, 3.63) is 48.0 Å². The van der Waals surface area contributed by atoms with Gasteiger partial charge in [-0.05, 0) is 43.5 Å². The van der Waals surface area contributed by atoms with Crippen LogP contribution in [0.3, 0.4) is 0 Å². The summed E-state index contributed by atoms with van der Waals surface area (Å²) in [4.78, 5) is 16.8. The van der Waals surface area contributed by atoms with E-state index in [-0.39, 0.29) is 18.1 Å². The lowest BCUT2D eigenvalue weighted by Crippen LogP contribution is -2.40. The number of rotatable bonds is 5. The Bertz CT molecular complexity index is 720. The quantitative estimate of drug-likeness (QED) is 0.905. The molecule has 0 bridgehead atoms. The van der Waals surface area contributed by atoms with Crippen LogP contribution in [0.4, 0.5) is 0 Å². The number of hydrogen-bond acceptors (Lipinski definition) is 4. The summed E-state index contributed by atoms with van der Waals surface area (Å²) in [5.74, 6) is 1.82. The van der Waals surface area contributed by atoms with Crippen LogP contribution in [0, 0.1) is 0 Å². The van der Waals surface area contributed by atoms with Crippen molar-refractivity contribution in [2.75, 3.05) is 13.2 Å². The molecule has 2 aliphatic heterocycles. The standard InChI is InChI=1S/C19H23N3O3/c23-19(21-15-5-8-18-20-9-10-22(18)12-15)14-3-6-16(7-4-14)25-13-17-2-1-11-24-17/h3-4,6-7,9-10,15,17H,1-2,5,8,11-13H2,(H,21,23)/t15-,17+/m0/s1. The van der Waals surface area contributed by atoms with Crippen LogP contribution in [0.25, 0.3) is 0 Å². The second kappa shape index (κ2) is 7.27. The molecule has 1 amide bonds. The van der Waals surface area contributed by atoms with Gasteiger partial charge in [-0.2, -0.15) is 0 Å². The molecule has 1 aromatic carbocycles. The molecule has 1 aromatic heterocycles. The van der Waals surface area contributed by atoms with Crippen LogP contribution >= 0.6 is 0 Å². The van der Waals surface area contributed by atoms with E-state index in [2.05, 4.69) is 14.9 Å². The summed E-state index contributed by atoms with van der Waals surface area (Å²) >= 11 is 0. The molecule has 4 rings (SSSR count). The Balaban J connectivity index is 1.30. The van der Waals surface area contributed by atoms with Crippen LogP contribution in [-0.2, 0) is 17.7 Å². The summed E-state index contributed by atoms with van der Waals surface area (Å²) in [5.41, 5.74) is 0.654. The molecule has 0 spiro atoms. The highest BCUT2D eigenvalue weighted by Crippen LogP contribution is 2.17. The molecule has 1 fully saturated rings. The maximum Gasteiger partial charge on any atom is 0.251 e. The van der Waals surface area contributed by atoms with E-state index in [1.54, 1.807) is 0 Å². The van der Waals surface area contributed by atoms with Crippen molar-refractivity contribution in [3.63, 3.8) is 0 Å². The van der Waals surface area contributed by atoms with Gasteiger partial charge in [-0.25, -0.2) is 4.98 Å². The first-order valence-electron chi connectivity index (χ1n) is 8.93. The smallest absolute Gasteiger partial charge is 0.251 e. The highest BCUT2D eigenvalue weighted by atomic mass is 16.5. The zero-order valence-electron chi connectivity index (χ0n) is 14.2. The van der Waals surface area contributed by atoms with E-state index in [9.17, 15) is 4.79 Å². The van der Waals surface area contributed by atoms with Gasteiger partial charge in [0.15, 0.2) is 0 Å². The molecule has 0 unspecified atom stereocenters. The third kappa shape index (κ3) is 3.85. The number of carbonyl (C=O) groups is 1. The van der Waals surface area contributed by atoms with E-state index < -0.39 is 0 Å². The number of imidazole rings is 1. The van der Waals surface area contributed by atoms with Gasteiger partial charge in [0.25, 0.3) is 5.91 Å². The van der Waals surface area contributed by atoms with Crippen LogP contribution in [0.15, 0.2) is 36.7 Å². The second-order valence-corrected chi connectivity index (χ2v) is 6.68. The molecule has 3 heterocycles. The summed E-state index contributed by atoms with van der Waals surface area (Å²) in [5, 5.41) is 3.11. The minimum Gasteiger partial charge on any atom is -0.491 e. The first-order chi connectivity index (χ1) is 12.3. The Kier molecular flexibility index (Phi) is 4.70. The summed E-state index contributed by atoms with van der Waals surface area (Å²) in [6.07, 6.45) is 7.96. The van der Waals surface area contributed by atoms with E-state index in [0.29, 0.717) is 12.2 Å². The molecule has 2 aliphatic rings. The van der Waals surface area contributed by atoms with Gasteiger partial charge in [-0.3, -0.25) is 4.79 Å². The molecule has 2 atom stereocenters. The summed E-state index contributed by atoms with van der Waals surface area (Å²) in [6, 6.07) is 7.46. The molecule has 0 saturated carbocycles. The number of ether oxygens (including phenoxy) is 2. The molecule has 6 heteroatoms. The molecule has 2 aromatic rings. The minimum atomic E-state index is -0.0424. The topological polar surface area (TPSA) is 65.4 Å². The van der Waals surface area contributed by atoms with Gasteiger partial charge in [0.05, 0.1) is 6.10 Å². The maximum atomic E-state index is 12.4. The number of fused-ring (bicyclic) bond motifs is 1. The summed E-state index contributed by atoms with van der Waals surface area (Å²) in [6.45, 7) is 2.18. The molecule has 1 saturated heterocycles. The average molecular weight is 341 g/mol. The lowest BCUT2D eigenvalue weighted by atomic mass is 10.1. The zero-order chi connectivity index (χ0) is 17.1. The normalized spacial score (nSPS) is 22.4. The Morgan fingerprint density at radius 3 is 3.00 bits per heavy atom. The van der Waals surface area contributed by atoms with Crippen molar-refractivity contribution in [2.45, 2.75) is 44.4 Å². The minimum absolute atomic E-state index is 0.0424. The van der Waals surface area contributed by atoms with Gasteiger partial charge in [0, 0.05) is 43.6 Å². The predicted octanol–water partition coefficient (Wildman–Crippen LogP) is 2.19. The van der Waals surface area contributed by atoms with Gasteiger partial charge < -0.3 is 19.4 Å². The van der Waals surface area contributed by atoms with E-state index >= 15 is 0 Å². The third-order valence-electron chi connectivity index (χ3n) is 4.85. The molecule has 0 aliphatic carbocycles. The van der Waals surface area contributed by atoms with Crippen LogP contribution in [0.1, 0.15) is 35.4 Å². The van der Waals surface area contributed by atoms with Crippen molar-refractivity contribution in [2.24, 2.45) is 0 Å². The van der Waals surface area contributed by atoms with E-state index in [0.717, 1.165) is 50.4 Å². The fourth-order valence-electron chi connectivity index (χ4n) is 3.42. The number of aryl methyl sites for hydroxylation is 1. The molecule has 25 heavy (non-hydrogen) atoms. The van der Waals surface area contributed by atoms with Crippen molar-refractivity contribution < 1.29 is 14.3 Å². The second-order valence-electron chi connectivity index (χ2n) is 6.68. The molecule has 1 N–H and O–H groups in total. The van der Waals surface area contributed by atoms with Gasteiger partial charge in [0.2, 0.25) is 0 Å².